The lowest BCUT2D eigenvalue weighted by Crippen LogP contribution is -2.44. The van der Waals surface area contributed by atoms with Crippen LogP contribution >= 0.6 is 0 Å². The molecule has 18 heavy (non-hydrogen) atoms. The van der Waals surface area contributed by atoms with Crippen LogP contribution in [0.2, 0.25) is 0 Å². The molecule has 1 aromatic carbocycles. The molecule has 0 aliphatic rings. The molecule has 7 heteroatoms. The first kappa shape index (κ1) is 13.9. The van der Waals surface area contributed by atoms with E-state index >= 15 is 0 Å². The number of amides is 1. The van der Waals surface area contributed by atoms with Crippen molar-refractivity contribution < 1.29 is 18.8 Å². The summed E-state index contributed by atoms with van der Waals surface area (Å²) in [4.78, 5) is 13.0. The van der Waals surface area contributed by atoms with Crippen LogP contribution in [0, 0.1) is 11.6 Å². The van der Waals surface area contributed by atoms with Crippen LogP contribution in [0.15, 0.2) is 23.4 Å². The van der Waals surface area contributed by atoms with Gasteiger partial charge in [0.1, 0.15) is 11.6 Å². The minimum atomic E-state index is -0.833. The number of oxime groups is 1. The molecule has 0 fully saturated rings. The van der Waals surface area contributed by atoms with Crippen molar-refractivity contribution in [3.05, 3.63) is 35.4 Å². The molecule has 1 unspecified atom stereocenters. The van der Waals surface area contributed by atoms with Crippen LogP contribution in [-0.4, -0.2) is 34.9 Å². The second kappa shape index (κ2) is 5.44. The van der Waals surface area contributed by atoms with Crippen molar-refractivity contribution in [1.82, 2.24) is 4.90 Å². The number of rotatable bonds is 3. The van der Waals surface area contributed by atoms with Gasteiger partial charge in [-0.05, 0) is 25.1 Å². The van der Waals surface area contributed by atoms with Crippen LogP contribution in [0.4, 0.5) is 8.78 Å². The Bertz CT molecular complexity index is 491. The van der Waals surface area contributed by atoms with E-state index in [2.05, 4.69) is 5.16 Å². The van der Waals surface area contributed by atoms with Gasteiger partial charge < -0.3 is 15.8 Å². The minimum absolute atomic E-state index is 0.206. The molecule has 0 aliphatic carbocycles. The topological polar surface area (TPSA) is 78.9 Å². The number of halogens is 2. The number of likely N-dealkylation sites (N-methyl/N-ethyl adjacent to an activating group) is 1. The molecule has 1 rings (SSSR count). The van der Waals surface area contributed by atoms with Crippen molar-refractivity contribution in [2.24, 2.45) is 10.9 Å². The maximum absolute atomic E-state index is 13.4. The summed E-state index contributed by atoms with van der Waals surface area (Å²) in [5.74, 6) is -2.52. The Morgan fingerprint density at radius 2 is 2.11 bits per heavy atom. The third-order valence-electron chi connectivity index (χ3n) is 2.60. The lowest BCUT2D eigenvalue weighted by atomic mass is 10.1. The smallest absolute Gasteiger partial charge is 0.257 e. The van der Waals surface area contributed by atoms with Crippen LogP contribution in [0.5, 0.6) is 0 Å². The molecule has 1 aromatic rings. The monoisotopic (exact) mass is 257 g/mol. The lowest BCUT2D eigenvalue weighted by Gasteiger charge is -2.23. The molecule has 1 amide bonds. The molecule has 5 nitrogen and oxygen atoms in total. The van der Waals surface area contributed by atoms with E-state index in [1.54, 1.807) is 0 Å². The van der Waals surface area contributed by atoms with Gasteiger partial charge in [-0.15, -0.1) is 0 Å². The molecule has 0 aliphatic heterocycles. The molecule has 1 atom stereocenters. The summed E-state index contributed by atoms with van der Waals surface area (Å²) in [5.41, 5.74) is 4.93. The summed E-state index contributed by atoms with van der Waals surface area (Å²) >= 11 is 0. The molecule has 0 bridgehead atoms. The fraction of sp³-hybridized carbons (Fsp3) is 0.273. The standard InChI is InChI=1S/C11H13F2N3O2/c1-6(10(14)15-18)16(2)11(17)8-5-7(12)3-4-9(8)13/h3-6,18H,1-2H3,(H2,14,15). The normalized spacial score (nSPS) is 13.2. The van der Waals surface area contributed by atoms with Gasteiger partial charge in [0.2, 0.25) is 0 Å². The number of benzene rings is 1. The largest absolute Gasteiger partial charge is 0.409 e. The number of nitrogens with two attached hydrogens (primary N) is 1. The first-order valence-corrected chi connectivity index (χ1v) is 5.08. The molecule has 3 N–H and O–H groups in total. The summed E-state index contributed by atoms with van der Waals surface area (Å²) in [7, 11) is 1.34. The average molecular weight is 257 g/mol. The average Bonchev–Trinajstić information content (AvgIpc) is 2.38. The van der Waals surface area contributed by atoms with E-state index in [-0.39, 0.29) is 5.84 Å². The van der Waals surface area contributed by atoms with Crippen molar-refractivity contribution in [2.45, 2.75) is 13.0 Å². The summed E-state index contributed by atoms with van der Waals surface area (Å²) in [6.45, 7) is 1.49. The van der Waals surface area contributed by atoms with Gasteiger partial charge in [0, 0.05) is 7.05 Å². The molecule has 0 spiro atoms. The van der Waals surface area contributed by atoms with Crippen LogP contribution in [-0.2, 0) is 0 Å². The van der Waals surface area contributed by atoms with E-state index < -0.39 is 29.1 Å². The van der Waals surface area contributed by atoms with Gasteiger partial charge >= 0.3 is 0 Å². The van der Waals surface area contributed by atoms with Gasteiger partial charge in [0.15, 0.2) is 5.84 Å². The highest BCUT2D eigenvalue weighted by molar-refractivity contribution is 5.98. The Balaban J connectivity index is 3.03. The number of hydrogen-bond acceptors (Lipinski definition) is 3. The van der Waals surface area contributed by atoms with E-state index in [9.17, 15) is 13.6 Å². The number of amidine groups is 1. The zero-order valence-electron chi connectivity index (χ0n) is 9.89. The number of carbonyl (C=O) groups excluding carboxylic acids is 1. The van der Waals surface area contributed by atoms with E-state index in [0.717, 1.165) is 23.1 Å². The molecular weight excluding hydrogens is 244 g/mol. The highest BCUT2D eigenvalue weighted by Crippen LogP contribution is 2.13. The molecule has 0 saturated heterocycles. The highest BCUT2D eigenvalue weighted by Gasteiger charge is 2.23. The van der Waals surface area contributed by atoms with Gasteiger partial charge in [-0.2, -0.15) is 0 Å². The maximum Gasteiger partial charge on any atom is 0.257 e. The van der Waals surface area contributed by atoms with Gasteiger partial charge in [0.05, 0.1) is 11.6 Å². The second-order valence-corrected chi connectivity index (χ2v) is 3.74. The molecule has 0 saturated carbocycles. The van der Waals surface area contributed by atoms with E-state index in [4.69, 9.17) is 10.9 Å². The summed E-state index contributed by atoms with van der Waals surface area (Å²) < 4.78 is 26.4. The third kappa shape index (κ3) is 2.73. The van der Waals surface area contributed by atoms with Crippen molar-refractivity contribution >= 4 is 11.7 Å². The fourth-order valence-corrected chi connectivity index (χ4v) is 1.31. The van der Waals surface area contributed by atoms with Gasteiger partial charge in [0.25, 0.3) is 5.91 Å². The minimum Gasteiger partial charge on any atom is -0.409 e. The van der Waals surface area contributed by atoms with Gasteiger partial charge in [-0.25, -0.2) is 8.78 Å². The number of nitrogens with zero attached hydrogens (tertiary/aromatic N) is 2. The molecule has 0 radical (unpaired) electrons. The second-order valence-electron chi connectivity index (χ2n) is 3.74. The number of carbonyl (C=O) groups is 1. The third-order valence-corrected chi connectivity index (χ3v) is 2.60. The quantitative estimate of drug-likeness (QED) is 0.369. The first-order valence-electron chi connectivity index (χ1n) is 5.08. The van der Waals surface area contributed by atoms with Crippen LogP contribution in [0.1, 0.15) is 17.3 Å². The van der Waals surface area contributed by atoms with E-state index in [0.29, 0.717) is 0 Å². The predicted octanol–water partition coefficient (Wildman–Crippen LogP) is 1.17. The van der Waals surface area contributed by atoms with Gasteiger partial charge in [-0.3, -0.25) is 4.79 Å². The van der Waals surface area contributed by atoms with Crippen molar-refractivity contribution in [1.29, 1.82) is 0 Å². The Morgan fingerprint density at radius 1 is 1.50 bits per heavy atom. The molecule has 0 heterocycles. The van der Waals surface area contributed by atoms with E-state index in [1.165, 1.54) is 14.0 Å². The summed E-state index contributed by atoms with van der Waals surface area (Å²) in [5, 5.41) is 11.3. The Morgan fingerprint density at radius 3 is 2.67 bits per heavy atom. The van der Waals surface area contributed by atoms with Crippen LogP contribution in [0.3, 0.4) is 0 Å². The van der Waals surface area contributed by atoms with Crippen LogP contribution in [0.25, 0.3) is 0 Å². The number of hydrogen-bond donors (Lipinski definition) is 2. The van der Waals surface area contributed by atoms with Crippen molar-refractivity contribution in [3.63, 3.8) is 0 Å². The Kier molecular flexibility index (Phi) is 4.19. The predicted molar refractivity (Wildman–Crippen MR) is 61.3 cm³/mol. The van der Waals surface area contributed by atoms with Crippen LogP contribution < -0.4 is 5.73 Å². The molecule has 0 aromatic heterocycles. The SMILES string of the molecule is CC(C(N)=NO)N(C)C(=O)c1cc(F)ccc1F. The fourth-order valence-electron chi connectivity index (χ4n) is 1.31. The first-order chi connectivity index (χ1) is 8.38. The summed E-state index contributed by atoms with van der Waals surface area (Å²) in [6, 6.07) is 1.83. The van der Waals surface area contributed by atoms with E-state index in [1.807, 2.05) is 0 Å². The zero-order valence-corrected chi connectivity index (χ0v) is 9.89. The van der Waals surface area contributed by atoms with Crippen molar-refractivity contribution in [2.75, 3.05) is 7.05 Å². The van der Waals surface area contributed by atoms with Gasteiger partial charge in [-0.1, -0.05) is 5.16 Å². The van der Waals surface area contributed by atoms with Crippen molar-refractivity contribution in [3.8, 4) is 0 Å². The summed E-state index contributed by atoms with van der Waals surface area (Å²) in [6.07, 6.45) is 0. The lowest BCUT2D eigenvalue weighted by molar-refractivity contribution is 0.0771. The Hall–Kier alpha value is -2.18. The highest BCUT2D eigenvalue weighted by atomic mass is 19.1. The zero-order chi connectivity index (χ0) is 13.9. The molecular formula is C11H13F2N3O2. The Labute approximate surface area is 102 Å². The maximum atomic E-state index is 13.4. The molecule has 98 valence electrons.